The van der Waals surface area contributed by atoms with Gasteiger partial charge in [-0.2, -0.15) is 5.10 Å². The van der Waals surface area contributed by atoms with Gasteiger partial charge in [0, 0.05) is 38.1 Å². The van der Waals surface area contributed by atoms with E-state index in [2.05, 4.69) is 35.3 Å². The molecule has 27 heavy (non-hydrogen) atoms. The number of carbonyl (C=O) groups excluding carboxylic acids is 1. The number of nitrogens with zero attached hydrogens (tertiary/aromatic N) is 7. The van der Waals surface area contributed by atoms with Crippen LogP contribution in [0.2, 0.25) is 0 Å². The highest BCUT2D eigenvalue weighted by Gasteiger charge is 2.26. The fourth-order valence-electron chi connectivity index (χ4n) is 3.20. The summed E-state index contributed by atoms with van der Waals surface area (Å²) >= 11 is 0. The van der Waals surface area contributed by atoms with E-state index in [1.165, 1.54) is 12.7 Å². The molecule has 3 aromatic heterocycles. The maximum atomic E-state index is 12.6. The van der Waals surface area contributed by atoms with E-state index in [1.54, 1.807) is 23.4 Å². The van der Waals surface area contributed by atoms with Gasteiger partial charge in [-0.25, -0.2) is 19.6 Å². The van der Waals surface area contributed by atoms with E-state index < -0.39 is 0 Å². The SMILES string of the molecule is O=C(NCc1cccnc1)[C@H]1CCCN(c2cc(-n3cncn3)ncn2)C1. The van der Waals surface area contributed by atoms with E-state index in [-0.39, 0.29) is 11.8 Å². The number of anilines is 1. The van der Waals surface area contributed by atoms with Crippen LogP contribution >= 0.6 is 0 Å². The van der Waals surface area contributed by atoms with Crippen molar-refractivity contribution in [1.82, 2.24) is 35.0 Å². The lowest BCUT2D eigenvalue weighted by Gasteiger charge is -2.32. The van der Waals surface area contributed by atoms with Gasteiger partial charge in [-0.1, -0.05) is 6.07 Å². The minimum absolute atomic E-state index is 0.0640. The molecule has 0 bridgehead atoms. The van der Waals surface area contributed by atoms with Crippen LogP contribution in [0.4, 0.5) is 5.82 Å². The third-order valence-corrected chi connectivity index (χ3v) is 4.60. The van der Waals surface area contributed by atoms with Gasteiger partial charge in [0.2, 0.25) is 5.91 Å². The van der Waals surface area contributed by atoms with Crippen LogP contribution < -0.4 is 10.2 Å². The fourth-order valence-corrected chi connectivity index (χ4v) is 3.20. The van der Waals surface area contributed by atoms with Gasteiger partial charge in [0.1, 0.15) is 24.8 Å². The number of rotatable bonds is 5. The van der Waals surface area contributed by atoms with Crippen molar-refractivity contribution < 1.29 is 4.79 Å². The van der Waals surface area contributed by atoms with Crippen LogP contribution in [0.15, 0.2) is 49.6 Å². The van der Waals surface area contributed by atoms with E-state index in [0.717, 1.165) is 30.8 Å². The van der Waals surface area contributed by atoms with Gasteiger partial charge in [-0.3, -0.25) is 9.78 Å². The molecule has 9 nitrogen and oxygen atoms in total. The number of amides is 1. The molecular weight excluding hydrogens is 344 g/mol. The highest BCUT2D eigenvalue weighted by Crippen LogP contribution is 2.22. The maximum Gasteiger partial charge on any atom is 0.225 e. The van der Waals surface area contributed by atoms with E-state index in [4.69, 9.17) is 0 Å². The number of nitrogens with one attached hydrogen (secondary N) is 1. The zero-order valence-corrected chi connectivity index (χ0v) is 14.8. The van der Waals surface area contributed by atoms with Crippen LogP contribution in [0.3, 0.4) is 0 Å². The molecule has 0 radical (unpaired) electrons. The maximum absolute atomic E-state index is 12.6. The lowest BCUT2D eigenvalue weighted by Crippen LogP contribution is -2.43. The van der Waals surface area contributed by atoms with Crippen LogP contribution in [0.5, 0.6) is 0 Å². The summed E-state index contributed by atoms with van der Waals surface area (Å²) in [6.45, 7) is 1.99. The predicted molar refractivity (Wildman–Crippen MR) is 98.0 cm³/mol. The summed E-state index contributed by atoms with van der Waals surface area (Å²) in [6, 6.07) is 5.68. The Hall–Kier alpha value is -3.36. The Labute approximate surface area is 156 Å². The van der Waals surface area contributed by atoms with Crippen molar-refractivity contribution in [3.05, 3.63) is 55.1 Å². The monoisotopic (exact) mass is 364 g/mol. The second kappa shape index (κ2) is 7.90. The van der Waals surface area contributed by atoms with Crippen molar-refractivity contribution in [2.75, 3.05) is 18.0 Å². The van der Waals surface area contributed by atoms with E-state index >= 15 is 0 Å². The largest absolute Gasteiger partial charge is 0.356 e. The Morgan fingerprint density at radius 2 is 2.15 bits per heavy atom. The first kappa shape index (κ1) is 17.1. The van der Waals surface area contributed by atoms with Crippen LogP contribution in [-0.2, 0) is 11.3 Å². The summed E-state index contributed by atoms with van der Waals surface area (Å²) in [6.07, 6.45) is 9.87. The minimum Gasteiger partial charge on any atom is -0.356 e. The lowest BCUT2D eigenvalue weighted by atomic mass is 9.97. The number of hydrogen-bond acceptors (Lipinski definition) is 7. The Kier molecular flexibility index (Phi) is 4.99. The van der Waals surface area contributed by atoms with Crippen molar-refractivity contribution >= 4 is 11.7 Å². The molecule has 1 aliphatic heterocycles. The molecule has 1 fully saturated rings. The van der Waals surface area contributed by atoms with Crippen molar-refractivity contribution in [2.45, 2.75) is 19.4 Å². The van der Waals surface area contributed by atoms with Gasteiger partial charge in [0.15, 0.2) is 5.82 Å². The molecule has 0 unspecified atom stereocenters. The number of aromatic nitrogens is 6. The van der Waals surface area contributed by atoms with Crippen LogP contribution in [0.1, 0.15) is 18.4 Å². The van der Waals surface area contributed by atoms with Gasteiger partial charge in [0.25, 0.3) is 0 Å². The topological polar surface area (TPSA) is 102 Å². The zero-order valence-electron chi connectivity index (χ0n) is 14.8. The predicted octanol–water partition coefficient (Wildman–Crippen LogP) is 0.985. The summed E-state index contributed by atoms with van der Waals surface area (Å²) in [5.41, 5.74) is 0.992. The summed E-state index contributed by atoms with van der Waals surface area (Å²) in [7, 11) is 0. The Morgan fingerprint density at radius 1 is 1.22 bits per heavy atom. The van der Waals surface area contributed by atoms with E-state index in [9.17, 15) is 4.79 Å². The number of hydrogen-bond donors (Lipinski definition) is 1. The number of carbonyl (C=O) groups is 1. The highest BCUT2D eigenvalue weighted by atomic mass is 16.1. The third kappa shape index (κ3) is 4.08. The molecular formula is C18H20N8O. The first-order valence-electron chi connectivity index (χ1n) is 8.88. The van der Waals surface area contributed by atoms with Crippen LogP contribution in [0, 0.1) is 5.92 Å². The molecule has 1 N–H and O–H groups in total. The summed E-state index contributed by atoms with van der Waals surface area (Å²) in [5, 5.41) is 7.11. The summed E-state index contributed by atoms with van der Waals surface area (Å²) < 4.78 is 1.59. The molecule has 1 amide bonds. The van der Waals surface area contributed by atoms with Gasteiger partial charge in [-0.15, -0.1) is 0 Å². The van der Waals surface area contributed by atoms with Gasteiger partial charge in [-0.05, 0) is 24.5 Å². The molecule has 0 aliphatic carbocycles. The normalized spacial score (nSPS) is 16.9. The molecule has 4 heterocycles. The van der Waals surface area contributed by atoms with Gasteiger partial charge < -0.3 is 10.2 Å². The van der Waals surface area contributed by atoms with Gasteiger partial charge >= 0.3 is 0 Å². The number of pyridine rings is 1. The molecule has 138 valence electrons. The Balaban J connectivity index is 1.40. The number of piperidine rings is 1. The zero-order chi connectivity index (χ0) is 18.5. The van der Waals surface area contributed by atoms with Crippen molar-refractivity contribution in [3.8, 4) is 5.82 Å². The summed E-state index contributed by atoms with van der Waals surface area (Å²) in [4.78, 5) is 31.3. The molecule has 4 rings (SSSR count). The smallest absolute Gasteiger partial charge is 0.225 e. The van der Waals surface area contributed by atoms with Crippen molar-refractivity contribution in [1.29, 1.82) is 0 Å². The molecule has 1 aliphatic rings. The fraction of sp³-hybridized carbons (Fsp3) is 0.333. The Morgan fingerprint density at radius 3 is 2.96 bits per heavy atom. The molecule has 3 aromatic rings. The second-order valence-corrected chi connectivity index (χ2v) is 6.44. The highest BCUT2D eigenvalue weighted by molar-refractivity contribution is 5.79. The second-order valence-electron chi connectivity index (χ2n) is 6.44. The minimum atomic E-state index is -0.0693. The van der Waals surface area contributed by atoms with Crippen LogP contribution in [-0.4, -0.2) is 48.7 Å². The molecule has 0 aromatic carbocycles. The van der Waals surface area contributed by atoms with E-state index in [1.807, 2.05) is 18.2 Å². The van der Waals surface area contributed by atoms with Crippen molar-refractivity contribution in [2.24, 2.45) is 5.92 Å². The molecule has 0 spiro atoms. The Bertz CT molecular complexity index is 883. The first-order chi connectivity index (χ1) is 13.3. The molecule has 1 saturated heterocycles. The van der Waals surface area contributed by atoms with Crippen LogP contribution in [0.25, 0.3) is 5.82 Å². The third-order valence-electron chi connectivity index (χ3n) is 4.60. The molecule has 1 atom stereocenters. The molecule has 9 heteroatoms. The first-order valence-corrected chi connectivity index (χ1v) is 8.88. The molecule has 0 saturated carbocycles. The van der Waals surface area contributed by atoms with Crippen molar-refractivity contribution in [3.63, 3.8) is 0 Å². The quantitative estimate of drug-likeness (QED) is 0.720. The van der Waals surface area contributed by atoms with Gasteiger partial charge in [0.05, 0.1) is 5.92 Å². The van der Waals surface area contributed by atoms with E-state index in [0.29, 0.717) is 18.9 Å². The standard InChI is InChI=1S/C18H20N8O/c27-18(21-9-14-3-1-5-19-8-14)15-4-2-6-25(10-15)16-7-17(23-12-22-16)26-13-20-11-24-26/h1,3,5,7-8,11-13,15H,2,4,6,9-10H2,(H,21,27)/t15-/m0/s1. The average molecular weight is 364 g/mol. The average Bonchev–Trinajstić information content (AvgIpc) is 3.28. The summed E-state index contributed by atoms with van der Waals surface area (Å²) in [5.74, 6) is 1.44. The lowest BCUT2D eigenvalue weighted by molar-refractivity contribution is -0.125.